The van der Waals surface area contributed by atoms with Gasteiger partial charge in [-0.1, -0.05) is 23.2 Å². The van der Waals surface area contributed by atoms with Gasteiger partial charge >= 0.3 is 0 Å². The van der Waals surface area contributed by atoms with E-state index in [4.69, 9.17) is 27.6 Å². The number of hydrogen-bond acceptors (Lipinski definition) is 5. The molecule has 1 saturated carbocycles. The predicted octanol–water partition coefficient (Wildman–Crippen LogP) is 3.54. The van der Waals surface area contributed by atoms with Crippen LogP contribution in [0.15, 0.2) is 27.8 Å². The van der Waals surface area contributed by atoms with Gasteiger partial charge in [0.25, 0.3) is 15.1 Å². The number of benzene rings is 1. The van der Waals surface area contributed by atoms with E-state index in [1.165, 1.54) is 12.3 Å². The van der Waals surface area contributed by atoms with Gasteiger partial charge in [0.05, 0.1) is 22.3 Å². The molecule has 1 aromatic carbocycles. The maximum atomic E-state index is 12.4. The molecule has 0 spiro atoms. The average Bonchev–Trinajstić information content (AvgIpc) is 3.08. The van der Waals surface area contributed by atoms with Crippen LogP contribution >= 0.6 is 23.2 Å². The minimum Gasteiger partial charge on any atom is -0.427 e. The monoisotopic (exact) mass is 372 g/mol. The average molecular weight is 373 g/mol. The Morgan fingerprint density at radius 3 is 2.83 bits per heavy atom. The van der Waals surface area contributed by atoms with Gasteiger partial charge in [0.15, 0.2) is 5.89 Å². The maximum absolute atomic E-state index is 12.4. The van der Waals surface area contributed by atoms with Crippen molar-refractivity contribution >= 4 is 49.8 Å². The summed E-state index contributed by atoms with van der Waals surface area (Å²) in [7, 11) is -3.91. The maximum Gasteiger partial charge on any atom is 0.297 e. The van der Waals surface area contributed by atoms with E-state index in [0.29, 0.717) is 21.8 Å². The lowest BCUT2D eigenvalue weighted by atomic mass is 10.2. The lowest BCUT2D eigenvalue weighted by molar-refractivity contribution is 0.410. The molecule has 0 unspecified atom stereocenters. The first-order valence-electron chi connectivity index (χ1n) is 6.76. The fourth-order valence-electron chi connectivity index (χ4n) is 2.25. The minimum absolute atomic E-state index is 0.228. The molecule has 1 aliphatic rings. The Kier molecular flexibility index (Phi) is 3.29. The van der Waals surface area contributed by atoms with Crippen molar-refractivity contribution in [3.8, 4) is 0 Å². The summed E-state index contributed by atoms with van der Waals surface area (Å²) in [5.41, 5.74) is 0.574. The molecule has 0 aliphatic heterocycles. The van der Waals surface area contributed by atoms with Crippen molar-refractivity contribution in [3.63, 3.8) is 0 Å². The Balaban J connectivity index is 1.72. The molecular weight excluding hydrogens is 363 g/mol. The molecule has 0 atom stereocenters. The summed E-state index contributed by atoms with van der Waals surface area (Å²) >= 11 is 12.0. The molecule has 1 aliphatic carbocycles. The molecule has 2 heterocycles. The van der Waals surface area contributed by atoms with Crippen LogP contribution in [0.1, 0.15) is 24.7 Å². The molecular formula is C13H10Cl2N4O3S. The molecule has 0 bridgehead atoms. The Morgan fingerprint density at radius 1 is 1.30 bits per heavy atom. The van der Waals surface area contributed by atoms with Crippen LogP contribution in [0.5, 0.6) is 0 Å². The highest BCUT2D eigenvalue weighted by Gasteiger charge is 2.31. The van der Waals surface area contributed by atoms with E-state index in [-0.39, 0.29) is 21.9 Å². The first kappa shape index (κ1) is 14.8. The van der Waals surface area contributed by atoms with Crippen LogP contribution in [0.4, 0.5) is 5.69 Å². The zero-order valence-electron chi connectivity index (χ0n) is 11.5. The Hall–Kier alpha value is -1.77. The zero-order chi connectivity index (χ0) is 16.2. The largest absolute Gasteiger partial charge is 0.427 e. The van der Waals surface area contributed by atoms with Crippen LogP contribution in [-0.2, 0) is 10.0 Å². The van der Waals surface area contributed by atoms with E-state index < -0.39 is 10.0 Å². The van der Waals surface area contributed by atoms with Crippen LogP contribution < -0.4 is 4.72 Å². The van der Waals surface area contributed by atoms with Gasteiger partial charge in [-0.05, 0) is 25.0 Å². The van der Waals surface area contributed by atoms with Crippen LogP contribution in [0, 0.1) is 0 Å². The van der Waals surface area contributed by atoms with E-state index in [0.717, 1.165) is 12.8 Å². The lowest BCUT2D eigenvalue weighted by Gasteiger charge is -2.06. The highest BCUT2D eigenvalue weighted by molar-refractivity contribution is 7.92. The van der Waals surface area contributed by atoms with E-state index in [9.17, 15) is 8.42 Å². The normalized spacial score (nSPS) is 15.2. The van der Waals surface area contributed by atoms with Crippen molar-refractivity contribution < 1.29 is 12.8 Å². The van der Waals surface area contributed by atoms with Crippen LogP contribution in [0.2, 0.25) is 10.2 Å². The second-order valence-electron chi connectivity index (χ2n) is 5.25. The summed E-state index contributed by atoms with van der Waals surface area (Å²) in [5, 5.41) is 7.38. The van der Waals surface area contributed by atoms with Crippen molar-refractivity contribution in [2.45, 2.75) is 23.9 Å². The molecule has 3 aromatic rings. The molecule has 120 valence electrons. The molecule has 2 aromatic heterocycles. The third kappa shape index (κ3) is 2.56. The first-order valence-corrected chi connectivity index (χ1v) is 9.00. The molecule has 1 fully saturated rings. The summed E-state index contributed by atoms with van der Waals surface area (Å²) in [4.78, 5) is 4.02. The molecule has 0 amide bonds. The second-order valence-corrected chi connectivity index (χ2v) is 7.65. The summed E-state index contributed by atoms with van der Waals surface area (Å²) in [6.07, 6.45) is 3.15. The molecule has 0 radical (unpaired) electrons. The Bertz CT molecular complexity index is 1010. The van der Waals surface area contributed by atoms with E-state index in [2.05, 4.69) is 19.9 Å². The summed E-state index contributed by atoms with van der Waals surface area (Å²) in [5.74, 6) is 0.681. The van der Waals surface area contributed by atoms with Gasteiger partial charge in [-0.15, -0.1) is 0 Å². The summed E-state index contributed by atoms with van der Waals surface area (Å²) in [6, 6.07) is 3.05. The number of H-pyrrole nitrogens is 1. The van der Waals surface area contributed by atoms with Gasteiger partial charge < -0.3 is 4.42 Å². The summed E-state index contributed by atoms with van der Waals surface area (Å²) < 4.78 is 32.7. The second kappa shape index (κ2) is 5.12. The van der Waals surface area contributed by atoms with Crippen molar-refractivity contribution in [1.29, 1.82) is 0 Å². The number of hydrogen-bond donors (Lipinski definition) is 2. The van der Waals surface area contributed by atoms with Crippen LogP contribution in [0.3, 0.4) is 0 Å². The zero-order valence-corrected chi connectivity index (χ0v) is 13.8. The van der Waals surface area contributed by atoms with Gasteiger partial charge in [0.1, 0.15) is 10.7 Å². The van der Waals surface area contributed by atoms with Gasteiger partial charge in [-0.25, -0.2) is 4.98 Å². The third-order valence-corrected chi connectivity index (χ3v) is 5.35. The standard InChI is InChI=1S/C13H10Cl2N4O3S/c14-7-3-4-8(11-10(7)12(15)18-17-11)19-23(20,21)9-5-16-13(22-9)6-1-2-6/h3-6,19H,1-2H2,(H,17,18). The number of nitrogens with one attached hydrogen (secondary N) is 2. The number of anilines is 1. The third-order valence-electron chi connectivity index (χ3n) is 3.55. The number of rotatable bonds is 4. The SMILES string of the molecule is O=S(=O)(Nc1ccc(Cl)c2c(Cl)[nH]nc12)c1cnc(C2CC2)o1. The lowest BCUT2D eigenvalue weighted by Crippen LogP contribution is -2.12. The molecule has 7 nitrogen and oxygen atoms in total. The Labute approximate surface area is 141 Å². The topological polar surface area (TPSA) is 101 Å². The number of nitrogens with zero attached hydrogens (tertiary/aromatic N) is 2. The molecule has 2 N–H and O–H groups in total. The first-order chi connectivity index (χ1) is 11.0. The highest BCUT2D eigenvalue weighted by Crippen LogP contribution is 2.40. The number of halogens is 2. The number of aromatic nitrogens is 3. The Morgan fingerprint density at radius 2 is 2.09 bits per heavy atom. The molecule has 23 heavy (non-hydrogen) atoms. The van der Waals surface area contributed by atoms with E-state index in [1.54, 1.807) is 6.07 Å². The van der Waals surface area contributed by atoms with Gasteiger partial charge in [-0.2, -0.15) is 13.5 Å². The van der Waals surface area contributed by atoms with Crippen LogP contribution in [0.25, 0.3) is 10.9 Å². The molecule has 4 rings (SSSR count). The van der Waals surface area contributed by atoms with Gasteiger partial charge in [-0.3, -0.25) is 9.82 Å². The van der Waals surface area contributed by atoms with Gasteiger partial charge in [0, 0.05) is 5.92 Å². The van der Waals surface area contributed by atoms with E-state index >= 15 is 0 Å². The minimum atomic E-state index is -3.91. The smallest absolute Gasteiger partial charge is 0.297 e. The number of aromatic amines is 1. The fourth-order valence-corrected chi connectivity index (χ4v) is 3.72. The molecule has 10 heteroatoms. The van der Waals surface area contributed by atoms with Crippen molar-refractivity contribution in [2.24, 2.45) is 0 Å². The highest BCUT2D eigenvalue weighted by atomic mass is 35.5. The van der Waals surface area contributed by atoms with Crippen molar-refractivity contribution in [2.75, 3.05) is 4.72 Å². The van der Waals surface area contributed by atoms with Gasteiger partial charge in [0.2, 0.25) is 0 Å². The number of sulfonamides is 1. The van der Waals surface area contributed by atoms with Crippen molar-refractivity contribution in [1.82, 2.24) is 15.2 Å². The number of fused-ring (bicyclic) bond motifs is 1. The molecule has 0 saturated heterocycles. The van der Waals surface area contributed by atoms with E-state index in [1.807, 2.05) is 0 Å². The predicted molar refractivity (Wildman–Crippen MR) is 85.4 cm³/mol. The number of oxazole rings is 1. The quantitative estimate of drug-likeness (QED) is 0.729. The van der Waals surface area contributed by atoms with Crippen LogP contribution in [-0.4, -0.2) is 23.6 Å². The fraction of sp³-hybridized carbons (Fsp3) is 0.231. The summed E-state index contributed by atoms with van der Waals surface area (Å²) in [6.45, 7) is 0. The van der Waals surface area contributed by atoms with Crippen molar-refractivity contribution in [3.05, 3.63) is 34.4 Å².